The number of pyridine rings is 1. The number of nitrogens with two attached hydrogens (primary N) is 1. The molecule has 1 rings (SSSR count). The average Bonchev–Trinajstić information content (AvgIpc) is 2.18. The molecule has 1 unspecified atom stereocenters. The number of rotatable bonds is 3. The van der Waals surface area contributed by atoms with E-state index >= 15 is 0 Å². The fraction of sp³-hybridized carbons (Fsp3) is 0.300. The number of primary amides is 1. The number of esters is 1. The lowest BCUT2D eigenvalue weighted by molar-refractivity contribution is -0.125. The highest BCUT2D eigenvalue weighted by Gasteiger charge is 2.15. The molecule has 0 saturated heterocycles. The molecule has 0 aliphatic carbocycles. The summed E-state index contributed by atoms with van der Waals surface area (Å²) in [6.45, 7) is 3.23. The van der Waals surface area contributed by atoms with Crippen LogP contribution in [-0.2, 0) is 9.53 Å². The topological polar surface area (TPSA) is 82.3 Å². The van der Waals surface area contributed by atoms with Gasteiger partial charge in [0.05, 0.1) is 5.56 Å². The standard InChI is InChI=1S/C10H12N2O3/c1-6-3-4-8(5-12-6)10(14)15-7(2)9(11)13/h3-5,7H,1-2H3,(H2,11,13). The lowest BCUT2D eigenvalue weighted by atomic mass is 10.2. The zero-order valence-corrected chi connectivity index (χ0v) is 8.56. The third kappa shape index (κ3) is 3.05. The van der Waals surface area contributed by atoms with Crippen molar-refractivity contribution in [3.63, 3.8) is 0 Å². The van der Waals surface area contributed by atoms with Gasteiger partial charge in [-0.05, 0) is 26.0 Å². The van der Waals surface area contributed by atoms with Gasteiger partial charge < -0.3 is 10.5 Å². The van der Waals surface area contributed by atoms with Gasteiger partial charge in [-0.15, -0.1) is 0 Å². The van der Waals surface area contributed by atoms with Crippen molar-refractivity contribution in [1.82, 2.24) is 4.98 Å². The summed E-state index contributed by atoms with van der Waals surface area (Å²) in [6.07, 6.45) is 0.463. The van der Waals surface area contributed by atoms with Crippen molar-refractivity contribution < 1.29 is 14.3 Å². The molecule has 0 aromatic carbocycles. The summed E-state index contributed by atoms with van der Waals surface area (Å²) in [6, 6.07) is 3.27. The first kappa shape index (κ1) is 11.2. The second kappa shape index (κ2) is 4.54. The van der Waals surface area contributed by atoms with Crippen LogP contribution in [0.3, 0.4) is 0 Å². The first-order valence-corrected chi connectivity index (χ1v) is 4.43. The molecule has 0 aliphatic rings. The third-order valence-corrected chi connectivity index (χ3v) is 1.83. The van der Waals surface area contributed by atoms with Crippen LogP contribution in [0.25, 0.3) is 0 Å². The summed E-state index contributed by atoms with van der Waals surface area (Å²) in [7, 11) is 0. The maximum absolute atomic E-state index is 11.4. The minimum absolute atomic E-state index is 0.300. The molecule has 0 aliphatic heterocycles. The van der Waals surface area contributed by atoms with Crippen molar-refractivity contribution >= 4 is 11.9 Å². The van der Waals surface area contributed by atoms with Crippen LogP contribution in [0, 0.1) is 6.92 Å². The Hall–Kier alpha value is -1.91. The Bertz CT molecular complexity index is 373. The molecule has 5 heteroatoms. The number of hydrogen-bond donors (Lipinski definition) is 1. The van der Waals surface area contributed by atoms with Crippen LogP contribution in [0.15, 0.2) is 18.3 Å². The number of aromatic nitrogens is 1. The zero-order valence-electron chi connectivity index (χ0n) is 8.56. The van der Waals surface area contributed by atoms with Crippen LogP contribution >= 0.6 is 0 Å². The molecule has 0 spiro atoms. The van der Waals surface area contributed by atoms with Gasteiger partial charge in [-0.1, -0.05) is 0 Å². The van der Waals surface area contributed by atoms with Crippen molar-refractivity contribution in [2.45, 2.75) is 20.0 Å². The minimum Gasteiger partial charge on any atom is -0.449 e. The van der Waals surface area contributed by atoms with Gasteiger partial charge in [-0.25, -0.2) is 4.79 Å². The summed E-state index contributed by atoms with van der Waals surface area (Å²) >= 11 is 0. The summed E-state index contributed by atoms with van der Waals surface area (Å²) < 4.78 is 4.78. The van der Waals surface area contributed by atoms with Gasteiger partial charge >= 0.3 is 5.97 Å². The number of carbonyl (C=O) groups excluding carboxylic acids is 2. The number of carbonyl (C=O) groups is 2. The second-order valence-corrected chi connectivity index (χ2v) is 3.14. The van der Waals surface area contributed by atoms with E-state index in [4.69, 9.17) is 10.5 Å². The van der Waals surface area contributed by atoms with E-state index in [2.05, 4.69) is 4.98 Å². The van der Waals surface area contributed by atoms with Gasteiger partial charge in [0.2, 0.25) is 0 Å². The van der Waals surface area contributed by atoms with Crippen molar-refractivity contribution in [3.8, 4) is 0 Å². The fourth-order valence-corrected chi connectivity index (χ4v) is 0.875. The van der Waals surface area contributed by atoms with Crippen molar-refractivity contribution in [2.75, 3.05) is 0 Å². The van der Waals surface area contributed by atoms with Crippen LogP contribution in [0.5, 0.6) is 0 Å². The molecule has 2 N–H and O–H groups in total. The summed E-state index contributed by atoms with van der Waals surface area (Å²) in [5.74, 6) is -1.28. The maximum atomic E-state index is 11.4. The maximum Gasteiger partial charge on any atom is 0.340 e. The fourth-order valence-electron chi connectivity index (χ4n) is 0.875. The van der Waals surface area contributed by atoms with Crippen molar-refractivity contribution in [3.05, 3.63) is 29.6 Å². The minimum atomic E-state index is -0.932. The van der Waals surface area contributed by atoms with E-state index in [1.165, 1.54) is 13.1 Å². The van der Waals surface area contributed by atoms with Crippen LogP contribution in [-0.4, -0.2) is 23.0 Å². The van der Waals surface area contributed by atoms with E-state index in [1.54, 1.807) is 19.1 Å². The molecular weight excluding hydrogens is 196 g/mol. The number of amides is 1. The molecule has 1 atom stereocenters. The molecular formula is C10H12N2O3. The Morgan fingerprint density at radius 3 is 2.60 bits per heavy atom. The Balaban J connectivity index is 2.69. The highest BCUT2D eigenvalue weighted by molar-refractivity contribution is 5.91. The molecule has 15 heavy (non-hydrogen) atoms. The molecule has 80 valence electrons. The number of hydrogen-bond acceptors (Lipinski definition) is 4. The van der Waals surface area contributed by atoms with Gasteiger partial charge in [0.15, 0.2) is 6.10 Å². The van der Waals surface area contributed by atoms with Gasteiger partial charge in [0.25, 0.3) is 5.91 Å². The van der Waals surface area contributed by atoms with E-state index in [0.717, 1.165) is 5.69 Å². The SMILES string of the molecule is Cc1ccc(C(=O)OC(C)C(N)=O)cn1. The van der Waals surface area contributed by atoms with Crippen LogP contribution < -0.4 is 5.73 Å². The highest BCUT2D eigenvalue weighted by atomic mass is 16.5. The van der Waals surface area contributed by atoms with E-state index < -0.39 is 18.0 Å². The highest BCUT2D eigenvalue weighted by Crippen LogP contribution is 2.03. The largest absolute Gasteiger partial charge is 0.449 e. The third-order valence-electron chi connectivity index (χ3n) is 1.83. The molecule has 0 bridgehead atoms. The van der Waals surface area contributed by atoms with Gasteiger partial charge in [-0.2, -0.15) is 0 Å². The first-order valence-electron chi connectivity index (χ1n) is 4.43. The van der Waals surface area contributed by atoms with Crippen LogP contribution in [0.4, 0.5) is 0 Å². The number of nitrogens with zero attached hydrogens (tertiary/aromatic N) is 1. The lowest BCUT2D eigenvalue weighted by Gasteiger charge is -2.08. The van der Waals surface area contributed by atoms with Gasteiger partial charge in [-0.3, -0.25) is 9.78 Å². The zero-order chi connectivity index (χ0) is 11.4. The molecule has 0 radical (unpaired) electrons. The predicted molar refractivity (Wildman–Crippen MR) is 53.0 cm³/mol. The van der Waals surface area contributed by atoms with Crippen molar-refractivity contribution in [2.24, 2.45) is 5.73 Å². The number of ether oxygens (including phenoxy) is 1. The van der Waals surface area contributed by atoms with E-state index in [0.29, 0.717) is 5.56 Å². The van der Waals surface area contributed by atoms with Crippen molar-refractivity contribution in [1.29, 1.82) is 0 Å². The van der Waals surface area contributed by atoms with Gasteiger partial charge in [0, 0.05) is 11.9 Å². The van der Waals surface area contributed by atoms with E-state index in [9.17, 15) is 9.59 Å². The van der Waals surface area contributed by atoms with Gasteiger partial charge in [0.1, 0.15) is 0 Å². The molecule has 5 nitrogen and oxygen atoms in total. The smallest absolute Gasteiger partial charge is 0.340 e. The Morgan fingerprint density at radius 1 is 1.47 bits per heavy atom. The van der Waals surface area contributed by atoms with E-state index in [-0.39, 0.29) is 0 Å². The molecule has 1 heterocycles. The molecule has 1 aromatic rings. The average molecular weight is 208 g/mol. The molecule has 1 aromatic heterocycles. The number of aryl methyl sites for hydroxylation is 1. The lowest BCUT2D eigenvalue weighted by Crippen LogP contribution is -2.30. The Labute approximate surface area is 87.3 Å². The van der Waals surface area contributed by atoms with Crippen LogP contribution in [0.1, 0.15) is 23.0 Å². The Kier molecular flexibility index (Phi) is 3.38. The predicted octanol–water partition coefficient (Wildman–Crippen LogP) is 0.421. The molecule has 1 amide bonds. The van der Waals surface area contributed by atoms with Crippen LogP contribution in [0.2, 0.25) is 0 Å². The molecule has 0 saturated carbocycles. The Morgan fingerprint density at radius 2 is 2.13 bits per heavy atom. The molecule has 0 fully saturated rings. The summed E-state index contributed by atoms with van der Waals surface area (Å²) in [5, 5.41) is 0. The second-order valence-electron chi connectivity index (χ2n) is 3.14. The van der Waals surface area contributed by atoms with E-state index in [1.807, 2.05) is 0 Å². The quantitative estimate of drug-likeness (QED) is 0.730. The first-order chi connectivity index (χ1) is 7.00. The summed E-state index contributed by atoms with van der Waals surface area (Å²) in [4.78, 5) is 26.0. The monoisotopic (exact) mass is 208 g/mol. The summed E-state index contributed by atoms with van der Waals surface area (Å²) in [5.41, 5.74) is 6.05. The normalized spacial score (nSPS) is 11.9.